The van der Waals surface area contributed by atoms with E-state index >= 15 is 0 Å². The van der Waals surface area contributed by atoms with E-state index in [0.717, 1.165) is 0 Å². The number of esters is 1. The van der Waals surface area contributed by atoms with Crippen molar-refractivity contribution in [3.63, 3.8) is 0 Å². The Kier molecular flexibility index (Phi) is 6.07. The molecule has 2 unspecified atom stereocenters. The molecular formula is C22H23N3O4. The van der Waals surface area contributed by atoms with E-state index in [1.807, 2.05) is 19.9 Å². The highest BCUT2D eigenvalue weighted by Crippen LogP contribution is 2.17. The van der Waals surface area contributed by atoms with Gasteiger partial charge in [0.25, 0.3) is 11.5 Å². The molecule has 0 aliphatic carbocycles. The van der Waals surface area contributed by atoms with Crippen LogP contribution in [0.3, 0.4) is 0 Å². The first-order chi connectivity index (χ1) is 13.9. The van der Waals surface area contributed by atoms with Gasteiger partial charge in [-0.3, -0.25) is 9.59 Å². The second-order valence-corrected chi connectivity index (χ2v) is 7.11. The van der Waals surface area contributed by atoms with E-state index in [1.54, 1.807) is 55.5 Å². The van der Waals surface area contributed by atoms with Crippen molar-refractivity contribution >= 4 is 22.8 Å². The number of carbonyl (C=O) groups is 2. The number of nitrogens with one attached hydrogen (secondary N) is 2. The molecule has 0 bridgehead atoms. The summed E-state index contributed by atoms with van der Waals surface area (Å²) in [5, 5.41) is 3.19. The molecule has 0 radical (unpaired) electrons. The normalized spacial score (nSPS) is 13.1. The van der Waals surface area contributed by atoms with E-state index in [4.69, 9.17) is 4.74 Å². The molecule has 1 amide bonds. The third-order valence-corrected chi connectivity index (χ3v) is 4.55. The summed E-state index contributed by atoms with van der Waals surface area (Å²) in [4.78, 5) is 44.4. The van der Waals surface area contributed by atoms with Crippen LogP contribution in [-0.2, 0) is 9.53 Å². The highest BCUT2D eigenvalue weighted by molar-refractivity contribution is 5.96. The zero-order valence-corrected chi connectivity index (χ0v) is 16.5. The Hall–Kier alpha value is -3.48. The number of aromatic nitrogens is 2. The predicted octanol–water partition coefficient (Wildman–Crippen LogP) is 2.98. The molecule has 0 saturated carbocycles. The molecule has 2 N–H and O–H groups in total. The second kappa shape index (κ2) is 8.68. The van der Waals surface area contributed by atoms with Crippen LogP contribution in [0.25, 0.3) is 10.9 Å². The van der Waals surface area contributed by atoms with E-state index in [9.17, 15) is 14.4 Å². The summed E-state index contributed by atoms with van der Waals surface area (Å²) >= 11 is 0. The quantitative estimate of drug-likeness (QED) is 0.627. The van der Waals surface area contributed by atoms with Gasteiger partial charge in [-0.15, -0.1) is 0 Å². The number of fused-ring (bicyclic) bond motifs is 1. The number of hydrogen-bond acceptors (Lipinski definition) is 5. The van der Waals surface area contributed by atoms with Gasteiger partial charge in [-0.2, -0.15) is 0 Å². The maximum absolute atomic E-state index is 12.7. The fourth-order valence-electron chi connectivity index (χ4n) is 2.91. The van der Waals surface area contributed by atoms with Crippen LogP contribution in [0.15, 0.2) is 59.4 Å². The van der Waals surface area contributed by atoms with Crippen LogP contribution >= 0.6 is 0 Å². The summed E-state index contributed by atoms with van der Waals surface area (Å²) in [6.07, 6.45) is -0.783. The number of ether oxygens (including phenoxy) is 1. The maximum atomic E-state index is 12.7. The molecule has 2 aromatic carbocycles. The first-order valence-corrected chi connectivity index (χ1v) is 9.42. The van der Waals surface area contributed by atoms with Gasteiger partial charge in [-0.1, -0.05) is 44.2 Å². The van der Waals surface area contributed by atoms with E-state index < -0.39 is 18.1 Å². The van der Waals surface area contributed by atoms with E-state index in [-0.39, 0.29) is 23.2 Å². The first kappa shape index (κ1) is 20.3. The molecule has 7 heteroatoms. The molecule has 3 aromatic rings. The van der Waals surface area contributed by atoms with Gasteiger partial charge >= 0.3 is 5.97 Å². The molecular weight excluding hydrogens is 370 g/mol. The van der Waals surface area contributed by atoms with Gasteiger partial charge < -0.3 is 15.0 Å². The van der Waals surface area contributed by atoms with Crippen LogP contribution in [0.1, 0.15) is 43.1 Å². The highest BCUT2D eigenvalue weighted by Gasteiger charge is 2.28. The third kappa shape index (κ3) is 4.68. The maximum Gasteiger partial charge on any atom is 0.329 e. The predicted molar refractivity (Wildman–Crippen MR) is 109 cm³/mol. The van der Waals surface area contributed by atoms with Gasteiger partial charge in [0.15, 0.2) is 11.9 Å². The van der Waals surface area contributed by atoms with Gasteiger partial charge in [0.2, 0.25) is 0 Å². The lowest BCUT2D eigenvalue weighted by atomic mass is 10.0. The standard InChI is InChI=1S/C22H23N3O4/c1-13(2)18(24-20(26)15-9-5-4-6-10-15)22(28)29-14(3)19-23-17-12-8-7-11-16(17)21(27)25-19/h4-14,18H,1-3H3,(H,24,26)(H,23,25,27). The van der Waals surface area contributed by atoms with Crippen molar-refractivity contribution in [3.8, 4) is 0 Å². The number of amides is 1. The summed E-state index contributed by atoms with van der Waals surface area (Å²) in [6, 6.07) is 14.8. The lowest BCUT2D eigenvalue weighted by Gasteiger charge is -2.23. The molecule has 0 spiro atoms. The molecule has 0 aliphatic heterocycles. The molecule has 1 aromatic heterocycles. The van der Waals surface area contributed by atoms with Gasteiger partial charge in [0.1, 0.15) is 6.04 Å². The average Bonchev–Trinajstić information content (AvgIpc) is 2.72. The highest BCUT2D eigenvalue weighted by atomic mass is 16.5. The Labute approximate surface area is 168 Å². The molecule has 150 valence electrons. The van der Waals surface area contributed by atoms with Crippen molar-refractivity contribution in [2.24, 2.45) is 5.92 Å². The minimum Gasteiger partial charge on any atom is -0.453 e. The lowest BCUT2D eigenvalue weighted by molar-refractivity contribution is -0.152. The van der Waals surface area contributed by atoms with Crippen LogP contribution in [-0.4, -0.2) is 27.9 Å². The number of H-pyrrole nitrogens is 1. The molecule has 2 atom stereocenters. The fourth-order valence-corrected chi connectivity index (χ4v) is 2.91. The molecule has 0 saturated heterocycles. The number of aromatic amines is 1. The van der Waals surface area contributed by atoms with Crippen molar-refractivity contribution in [3.05, 3.63) is 76.3 Å². The minimum atomic E-state index is -0.836. The third-order valence-electron chi connectivity index (χ3n) is 4.55. The summed E-state index contributed by atoms with van der Waals surface area (Å²) in [7, 11) is 0. The van der Waals surface area contributed by atoms with Gasteiger partial charge in [-0.25, -0.2) is 9.78 Å². The smallest absolute Gasteiger partial charge is 0.329 e. The molecule has 0 fully saturated rings. The van der Waals surface area contributed by atoms with Crippen LogP contribution in [0.4, 0.5) is 0 Å². The van der Waals surface area contributed by atoms with E-state index in [0.29, 0.717) is 16.5 Å². The Balaban J connectivity index is 1.76. The van der Waals surface area contributed by atoms with Crippen LogP contribution in [0.5, 0.6) is 0 Å². The van der Waals surface area contributed by atoms with Crippen LogP contribution < -0.4 is 10.9 Å². The number of hydrogen-bond donors (Lipinski definition) is 2. The minimum absolute atomic E-state index is 0.189. The van der Waals surface area contributed by atoms with Gasteiger partial charge in [0, 0.05) is 5.56 Å². The van der Waals surface area contributed by atoms with Crippen molar-refractivity contribution in [2.75, 3.05) is 0 Å². The molecule has 7 nitrogen and oxygen atoms in total. The first-order valence-electron chi connectivity index (χ1n) is 9.42. The SMILES string of the molecule is CC(OC(=O)C(NC(=O)c1ccccc1)C(C)C)c1nc2ccccc2c(=O)[nH]1. The Morgan fingerprint density at radius 1 is 1.00 bits per heavy atom. The van der Waals surface area contributed by atoms with Gasteiger partial charge in [0.05, 0.1) is 10.9 Å². The number of benzene rings is 2. The Morgan fingerprint density at radius 2 is 1.66 bits per heavy atom. The Bertz CT molecular complexity index is 1080. The number of rotatable bonds is 6. The molecule has 1 heterocycles. The molecule has 29 heavy (non-hydrogen) atoms. The molecule has 3 rings (SSSR count). The van der Waals surface area contributed by atoms with Gasteiger partial charge in [-0.05, 0) is 37.1 Å². The topological polar surface area (TPSA) is 101 Å². The zero-order chi connectivity index (χ0) is 21.0. The van der Waals surface area contributed by atoms with E-state index in [1.165, 1.54) is 0 Å². The summed E-state index contributed by atoms with van der Waals surface area (Å²) in [6.45, 7) is 5.26. The van der Waals surface area contributed by atoms with E-state index in [2.05, 4.69) is 15.3 Å². The van der Waals surface area contributed by atoms with Crippen LogP contribution in [0.2, 0.25) is 0 Å². The zero-order valence-electron chi connectivity index (χ0n) is 16.5. The number of para-hydroxylation sites is 1. The molecule has 0 aliphatic rings. The largest absolute Gasteiger partial charge is 0.453 e. The average molecular weight is 393 g/mol. The summed E-state index contributed by atoms with van der Waals surface area (Å²) < 4.78 is 5.51. The number of carbonyl (C=O) groups excluding carboxylic acids is 2. The van der Waals surface area contributed by atoms with Crippen molar-refractivity contribution < 1.29 is 14.3 Å². The van der Waals surface area contributed by atoms with Crippen molar-refractivity contribution in [1.29, 1.82) is 0 Å². The lowest BCUT2D eigenvalue weighted by Crippen LogP contribution is -2.45. The van der Waals surface area contributed by atoms with Crippen molar-refractivity contribution in [2.45, 2.75) is 32.9 Å². The fraction of sp³-hybridized carbons (Fsp3) is 0.273. The number of nitrogens with zero attached hydrogens (tertiary/aromatic N) is 1. The van der Waals surface area contributed by atoms with Crippen LogP contribution in [0, 0.1) is 5.92 Å². The summed E-state index contributed by atoms with van der Waals surface area (Å²) in [5.41, 5.74) is 0.678. The monoisotopic (exact) mass is 393 g/mol. The Morgan fingerprint density at radius 3 is 2.34 bits per heavy atom. The van der Waals surface area contributed by atoms with Crippen molar-refractivity contribution in [1.82, 2.24) is 15.3 Å². The second-order valence-electron chi connectivity index (χ2n) is 7.11. The summed E-state index contributed by atoms with van der Waals surface area (Å²) in [5.74, 6) is -0.886.